The van der Waals surface area contributed by atoms with Crippen LogP contribution in [0.1, 0.15) is 52.7 Å². The number of aryl methyl sites for hydroxylation is 1. The minimum absolute atomic E-state index is 0.0621. The maximum Gasteiger partial charge on any atom is 0.406 e. The number of nitrogens with one attached hydrogen (secondary N) is 1. The predicted octanol–water partition coefficient (Wildman–Crippen LogP) is 5.65. The molecule has 0 saturated carbocycles. The van der Waals surface area contributed by atoms with E-state index in [-0.39, 0.29) is 11.8 Å². The summed E-state index contributed by atoms with van der Waals surface area (Å²) in [7, 11) is 1.32. The van der Waals surface area contributed by atoms with Crippen LogP contribution in [0, 0.1) is 12.8 Å². The lowest BCUT2D eigenvalue weighted by atomic mass is 9.72. The monoisotopic (exact) mass is 563 g/mol. The van der Waals surface area contributed by atoms with Crippen LogP contribution < -0.4 is 11.1 Å². The van der Waals surface area contributed by atoms with Crippen LogP contribution in [-0.4, -0.2) is 48.8 Å². The van der Waals surface area contributed by atoms with Crippen LogP contribution in [0.4, 0.5) is 4.79 Å². The van der Waals surface area contributed by atoms with E-state index in [1.165, 1.54) is 7.11 Å². The van der Waals surface area contributed by atoms with Crippen molar-refractivity contribution in [1.82, 2.24) is 10.2 Å². The summed E-state index contributed by atoms with van der Waals surface area (Å²) in [6.45, 7) is 3.81. The second kappa shape index (κ2) is 13.3. The first-order valence-electron chi connectivity index (χ1n) is 13.8. The number of likely N-dealkylation sites (tertiary alicyclic amines) is 1. The molecule has 1 unspecified atom stereocenters. The molecule has 3 aromatic rings. The molecule has 0 bridgehead atoms. The summed E-state index contributed by atoms with van der Waals surface area (Å²) in [5.41, 5.74) is 9.53. The van der Waals surface area contributed by atoms with E-state index in [0.29, 0.717) is 49.6 Å². The predicted molar refractivity (Wildman–Crippen MR) is 158 cm³/mol. The molecule has 4 rings (SSSR count). The number of rotatable bonds is 9. The molecule has 2 atom stereocenters. The van der Waals surface area contributed by atoms with Crippen molar-refractivity contribution in [3.63, 3.8) is 0 Å². The first-order valence-corrected chi connectivity index (χ1v) is 14.1. The quantitative estimate of drug-likeness (QED) is 0.292. The van der Waals surface area contributed by atoms with Crippen LogP contribution in [0.2, 0.25) is 5.02 Å². The molecule has 1 heterocycles. The highest BCUT2D eigenvalue weighted by Gasteiger charge is 2.43. The Morgan fingerprint density at radius 1 is 1.15 bits per heavy atom. The molecule has 40 heavy (non-hydrogen) atoms. The van der Waals surface area contributed by atoms with Gasteiger partial charge < -0.3 is 25.8 Å². The Hall–Kier alpha value is -3.39. The lowest BCUT2D eigenvalue weighted by Crippen LogP contribution is -2.48. The van der Waals surface area contributed by atoms with E-state index in [0.717, 1.165) is 40.7 Å². The van der Waals surface area contributed by atoms with Crippen molar-refractivity contribution in [3.8, 4) is 11.1 Å². The Morgan fingerprint density at radius 3 is 2.60 bits per heavy atom. The Bertz CT molecular complexity index is 1330. The number of nitrogens with two attached hydrogens (primary N) is 1. The van der Waals surface area contributed by atoms with Crippen molar-refractivity contribution in [2.45, 2.75) is 44.8 Å². The number of nitrogens with zero attached hydrogens (tertiary/aromatic N) is 1. The van der Waals surface area contributed by atoms with Crippen LogP contribution in [0.15, 0.2) is 66.7 Å². The van der Waals surface area contributed by atoms with Crippen LogP contribution in [0.3, 0.4) is 0 Å². The summed E-state index contributed by atoms with van der Waals surface area (Å²) >= 11 is 6.81. The fraction of sp³-hybridized carbons (Fsp3) is 0.375. The van der Waals surface area contributed by atoms with E-state index in [2.05, 4.69) is 11.4 Å². The number of ether oxygens (including phenoxy) is 1. The average molecular weight is 564 g/mol. The maximum absolute atomic E-state index is 13.5. The molecule has 8 heteroatoms. The second-order valence-corrected chi connectivity index (χ2v) is 10.9. The molecule has 0 radical (unpaired) electrons. The SMILES string of the molecule is COC(=O)NCCCC(O)(c1cccc(Cl)c1-c1cccc(C)c1)[C@@H]1CCCN(C(=O)c2ccc(CN)cc2)C1. The molecular weight excluding hydrogens is 526 g/mol. The van der Waals surface area contributed by atoms with E-state index < -0.39 is 11.7 Å². The molecule has 1 fully saturated rings. The van der Waals surface area contributed by atoms with Gasteiger partial charge in [0, 0.05) is 48.2 Å². The fourth-order valence-electron chi connectivity index (χ4n) is 5.68. The number of aliphatic hydroxyl groups is 1. The number of halogens is 1. The molecule has 2 amide bonds. The summed E-state index contributed by atoms with van der Waals surface area (Å²) in [5.74, 6) is -0.304. The van der Waals surface area contributed by atoms with Gasteiger partial charge in [-0.1, -0.05) is 65.7 Å². The maximum atomic E-state index is 13.5. The van der Waals surface area contributed by atoms with Crippen LogP contribution in [0.25, 0.3) is 11.1 Å². The van der Waals surface area contributed by atoms with Crippen molar-refractivity contribution in [2.75, 3.05) is 26.7 Å². The smallest absolute Gasteiger partial charge is 0.406 e. The molecule has 1 aliphatic heterocycles. The third-order valence-electron chi connectivity index (χ3n) is 7.80. The molecule has 1 saturated heterocycles. The zero-order valence-corrected chi connectivity index (χ0v) is 23.9. The van der Waals surface area contributed by atoms with E-state index in [9.17, 15) is 14.7 Å². The summed E-state index contributed by atoms with van der Waals surface area (Å²) in [6.07, 6.45) is 1.88. The van der Waals surface area contributed by atoms with Crippen LogP contribution in [0.5, 0.6) is 0 Å². The number of piperidine rings is 1. The third-order valence-corrected chi connectivity index (χ3v) is 8.11. The summed E-state index contributed by atoms with van der Waals surface area (Å²) in [5, 5.41) is 15.9. The van der Waals surface area contributed by atoms with Crippen molar-refractivity contribution in [1.29, 1.82) is 0 Å². The summed E-state index contributed by atoms with van der Waals surface area (Å²) in [4.78, 5) is 27.0. The average Bonchev–Trinajstić information content (AvgIpc) is 2.98. The number of hydrogen-bond acceptors (Lipinski definition) is 5. The first-order chi connectivity index (χ1) is 19.3. The highest BCUT2D eigenvalue weighted by Crippen LogP contribution is 2.45. The van der Waals surface area contributed by atoms with Gasteiger partial charge in [-0.25, -0.2) is 4.79 Å². The van der Waals surface area contributed by atoms with Crippen molar-refractivity contribution in [2.24, 2.45) is 11.7 Å². The Morgan fingerprint density at radius 2 is 1.90 bits per heavy atom. The van der Waals surface area contributed by atoms with Crippen LogP contribution >= 0.6 is 11.6 Å². The number of alkyl carbamates (subject to hydrolysis) is 1. The summed E-state index contributed by atoms with van der Waals surface area (Å²) < 4.78 is 4.70. The van der Waals surface area contributed by atoms with Gasteiger partial charge in [0.1, 0.15) is 0 Å². The highest BCUT2D eigenvalue weighted by atomic mass is 35.5. The molecular formula is C32H38ClN3O4. The Kier molecular flexibility index (Phi) is 9.85. The minimum atomic E-state index is -1.30. The number of methoxy groups -OCH3 is 1. The number of hydrogen-bond donors (Lipinski definition) is 3. The van der Waals surface area contributed by atoms with Crippen molar-refractivity contribution < 1.29 is 19.4 Å². The summed E-state index contributed by atoms with van der Waals surface area (Å²) in [6, 6.07) is 21.1. The zero-order chi connectivity index (χ0) is 28.7. The lowest BCUT2D eigenvalue weighted by molar-refractivity contribution is -0.0563. The number of benzene rings is 3. The Balaban J connectivity index is 1.69. The van der Waals surface area contributed by atoms with Gasteiger partial charge in [0.15, 0.2) is 0 Å². The van der Waals surface area contributed by atoms with Crippen LogP contribution in [-0.2, 0) is 16.9 Å². The fourth-order valence-corrected chi connectivity index (χ4v) is 5.96. The van der Waals surface area contributed by atoms with Gasteiger partial charge in [-0.05, 0) is 67.5 Å². The minimum Gasteiger partial charge on any atom is -0.453 e. The molecule has 4 N–H and O–H groups in total. The Labute approximate surface area is 241 Å². The molecule has 0 aliphatic carbocycles. The molecule has 1 aliphatic rings. The van der Waals surface area contributed by atoms with Gasteiger partial charge in [0.2, 0.25) is 0 Å². The van der Waals surface area contributed by atoms with Crippen molar-refractivity contribution in [3.05, 3.63) is 94.0 Å². The second-order valence-electron chi connectivity index (χ2n) is 10.5. The van der Waals surface area contributed by atoms with E-state index in [1.807, 2.05) is 72.5 Å². The number of carbonyl (C=O) groups excluding carboxylic acids is 2. The van der Waals surface area contributed by atoms with Crippen molar-refractivity contribution >= 4 is 23.6 Å². The molecule has 0 aromatic heterocycles. The highest BCUT2D eigenvalue weighted by molar-refractivity contribution is 6.33. The molecule has 7 nitrogen and oxygen atoms in total. The number of carbonyl (C=O) groups is 2. The molecule has 212 valence electrons. The van der Waals surface area contributed by atoms with Gasteiger partial charge in [0.25, 0.3) is 5.91 Å². The van der Waals surface area contributed by atoms with Gasteiger partial charge in [-0.2, -0.15) is 0 Å². The lowest BCUT2D eigenvalue weighted by Gasteiger charge is -2.44. The number of amides is 2. The van der Waals surface area contributed by atoms with Gasteiger partial charge >= 0.3 is 6.09 Å². The molecule has 0 spiro atoms. The molecule has 3 aromatic carbocycles. The van der Waals surface area contributed by atoms with Gasteiger partial charge in [-0.15, -0.1) is 0 Å². The normalized spacial score (nSPS) is 16.7. The standard InChI is InChI=1S/C32H38ClN3O4/c1-22-7-3-8-25(19-22)29-27(10-4-11-28(29)33)32(39,16-6-17-35-31(38)40-2)26-9-5-18-36(21-26)30(37)24-14-12-23(20-34)13-15-24/h3-4,7-8,10-15,19,26,39H,5-6,9,16-18,20-21,34H2,1-2H3,(H,35,38)/t26-,32?/m1/s1. The zero-order valence-electron chi connectivity index (χ0n) is 23.2. The topological polar surface area (TPSA) is 105 Å². The van der Waals surface area contributed by atoms with E-state index in [1.54, 1.807) is 0 Å². The first kappa shape index (κ1) is 29.6. The third kappa shape index (κ3) is 6.66. The van der Waals surface area contributed by atoms with Gasteiger partial charge in [0.05, 0.1) is 12.7 Å². The largest absolute Gasteiger partial charge is 0.453 e. The van der Waals surface area contributed by atoms with E-state index >= 15 is 0 Å². The van der Waals surface area contributed by atoms with E-state index in [4.69, 9.17) is 22.1 Å². The van der Waals surface area contributed by atoms with Gasteiger partial charge in [-0.3, -0.25) is 4.79 Å².